The summed E-state index contributed by atoms with van der Waals surface area (Å²) in [5, 5.41) is 0. The molecule has 0 atom stereocenters. The van der Waals surface area contributed by atoms with Gasteiger partial charge in [-0.3, -0.25) is 0 Å². The molecule has 0 N–H and O–H groups in total. The number of ether oxygens (including phenoxy) is 4. The lowest BCUT2D eigenvalue weighted by Gasteiger charge is -2.08. The van der Waals surface area contributed by atoms with Gasteiger partial charge in [0.2, 0.25) is 0 Å². The first-order valence-electron chi connectivity index (χ1n) is 11.1. The molecule has 0 aliphatic rings. The summed E-state index contributed by atoms with van der Waals surface area (Å²) in [6, 6.07) is 23.9. The van der Waals surface area contributed by atoms with Crippen LogP contribution in [0.4, 0.5) is 0 Å². The third-order valence-electron chi connectivity index (χ3n) is 4.47. The first kappa shape index (κ1) is 27.0. The van der Waals surface area contributed by atoms with Crippen molar-refractivity contribution < 1.29 is 28.5 Å². The van der Waals surface area contributed by atoms with E-state index in [-0.39, 0.29) is 26.4 Å². The van der Waals surface area contributed by atoms with E-state index in [0.29, 0.717) is 11.5 Å². The van der Waals surface area contributed by atoms with E-state index < -0.39 is 11.9 Å². The normalized spacial score (nSPS) is 10.2. The van der Waals surface area contributed by atoms with E-state index in [9.17, 15) is 9.59 Å². The van der Waals surface area contributed by atoms with Gasteiger partial charge in [-0.05, 0) is 72.8 Å². The van der Waals surface area contributed by atoms with Crippen LogP contribution in [0.2, 0.25) is 0 Å². The van der Waals surface area contributed by atoms with Crippen LogP contribution in [-0.4, -0.2) is 38.4 Å². The van der Waals surface area contributed by atoms with Gasteiger partial charge in [-0.1, -0.05) is 36.7 Å². The van der Waals surface area contributed by atoms with Gasteiger partial charge in [-0.25, -0.2) is 9.59 Å². The highest BCUT2D eigenvalue weighted by Crippen LogP contribution is 2.33. The van der Waals surface area contributed by atoms with Crippen LogP contribution in [0.3, 0.4) is 0 Å². The standard InChI is InChI=1S/C28H26O6S2/c1-3-27(29)33-19-17-31-21-5-9-23(10-6-21)35-25-13-15-26(16-14-25)36-24-11-7-22(8-12-24)32-18-20-34-28(30)4-2/h3-16H,1-2,17-20H2. The van der Waals surface area contributed by atoms with E-state index in [1.807, 2.05) is 48.5 Å². The van der Waals surface area contributed by atoms with Crippen LogP contribution in [0.5, 0.6) is 11.5 Å². The van der Waals surface area contributed by atoms with Crippen LogP contribution in [0, 0.1) is 0 Å². The zero-order valence-electron chi connectivity index (χ0n) is 19.6. The van der Waals surface area contributed by atoms with Gasteiger partial charge in [0, 0.05) is 31.7 Å². The molecule has 0 aliphatic carbocycles. The second-order valence-corrected chi connectivity index (χ2v) is 9.35. The first-order chi connectivity index (χ1) is 17.6. The minimum absolute atomic E-state index is 0.179. The van der Waals surface area contributed by atoms with E-state index in [1.54, 1.807) is 23.5 Å². The van der Waals surface area contributed by atoms with Crippen LogP contribution >= 0.6 is 23.5 Å². The van der Waals surface area contributed by atoms with Crippen molar-refractivity contribution in [3.63, 3.8) is 0 Å². The topological polar surface area (TPSA) is 71.1 Å². The van der Waals surface area contributed by atoms with Gasteiger partial charge in [0.1, 0.15) is 37.9 Å². The van der Waals surface area contributed by atoms with Crippen molar-refractivity contribution in [1.29, 1.82) is 0 Å². The van der Waals surface area contributed by atoms with Gasteiger partial charge in [-0.2, -0.15) is 0 Å². The molecule has 0 spiro atoms. The Kier molecular flexibility index (Phi) is 11.0. The molecule has 0 amide bonds. The largest absolute Gasteiger partial charge is 0.490 e. The smallest absolute Gasteiger partial charge is 0.330 e. The Morgan fingerprint density at radius 3 is 1.17 bits per heavy atom. The second kappa shape index (κ2) is 14.7. The van der Waals surface area contributed by atoms with Crippen LogP contribution in [0.25, 0.3) is 0 Å². The Balaban J connectivity index is 1.42. The number of carbonyl (C=O) groups excluding carboxylic acids is 2. The molecule has 3 aromatic rings. The molecule has 0 aliphatic heterocycles. The van der Waals surface area contributed by atoms with Crippen molar-refractivity contribution in [3.05, 3.63) is 98.1 Å². The van der Waals surface area contributed by atoms with Crippen molar-refractivity contribution in [3.8, 4) is 11.5 Å². The minimum atomic E-state index is -0.459. The number of hydrogen-bond donors (Lipinski definition) is 0. The highest BCUT2D eigenvalue weighted by Gasteiger charge is 2.03. The third-order valence-corrected chi connectivity index (χ3v) is 6.50. The average Bonchev–Trinajstić information content (AvgIpc) is 2.91. The molecule has 0 bridgehead atoms. The lowest BCUT2D eigenvalue weighted by atomic mass is 10.3. The number of benzene rings is 3. The van der Waals surface area contributed by atoms with E-state index in [0.717, 1.165) is 31.7 Å². The van der Waals surface area contributed by atoms with E-state index >= 15 is 0 Å². The van der Waals surface area contributed by atoms with E-state index in [1.165, 1.54) is 0 Å². The highest BCUT2D eigenvalue weighted by atomic mass is 32.2. The van der Waals surface area contributed by atoms with E-state index in [4.69, 9.17) is 18.9 Å². The fourth-order valence-corrected chi connectivity index (χ4v) is 4.41. The van der Waals surface area contributed by atoms with Crippen molar-refractivity contribution in [1.82, 2.24) is 0 Å². The molecule has 0 fully saturated rings. The summed E-state index contributed by atoms with van der Waals surface area (Å²) >= 11 is 3.33. The van der Waals surface area contributed by atoms with Gasteiger partial charge >= 0.3 is 11.9 Å². The molecule has 36 heavy (non-hydrogen) atoms. The molecule has 8 heteroatoms. The SMILES string of the molecule is C=CC(=O)OCCOc1ccc(Sc2ccc(Sc3ccc(OCCOC(=O)C=C)cc3)cc2)cc1. The van der Waals surface area contributed by atoms with Gasteiger partial charge in [0.15, 0.2) is 0 Å². The van der Waals surface area contributed by atoms with Crippen molar-refractivity contribution >= 4 is 35.5 Å². The molecule has 0 unspecified atom stereocenters. The second-order valence-electron chi connectivity index (χ2n) is 7.06. The van der Waals surface area contributed by atoms with E-state index in [2.05, 4.69) is 37.4 Å². The molecular weight excluding hydrogens is 496 g/mol. The summed E-state index contributed by atoms with van der Waals surface area (Å²) in [5.41, 5.74) is 0. The summed E-state index contributed by atoms with van der Waals surface area (Å²) in [7, 11) is 0. The molecule has 6 nitrogen and oxygen atoms in total. The number of esters is 2. The summed E-state index contributed by atoms with van der Waals surface area (Å²) < 4.78 is 20.9. The van der Waals surface area contributed by atoms with Crippen LogP contribution in [0.1, 0.15) is 0 Å². The Labute approximate surface area is 219 Å². The molecule has 3 aromatic carbocycles. The third kappa shape index (κ3) is 9.56. The highest BCUT2D eigenvalue weighted by molar-refractivity contribution is 7.99. The molecule has 186 valence electrons. The summed E-state index contributed by atoms with van der Waals surface area (Å²) in [5.74, 6) is 0.515. The molecule has 0 radical (unpaired) electrons. The maximum Gasteiger partial charge on any atom is 0.330 e. The summed E-state index contributed by atoms with van der Waals surface area (Å²) in [6.45, 7) is 7.63. The number of rotatable bonds is 14. The number of hydrogen-bond acceptors (Lipinski definition) is 8. The first-order valence-corrected chi connectivity index (χ1v) is 12.7. The zero-order chi connectivity index (χ0) is 25.6. The molecule has 0 saturated carbocycles. The molecule has 3 rings (SSSR count). The lowest BCUT2D eigenvalue weighted by molar-refractivity contribution is -0.139. The van der Waals surface area contributed by atoms with Gasteiger partial charge < -0.3 is 18.9 Å². The zero-order valence-corrected chi connectivity index (χ0v) is 21.2. The fourth-order valence-electron chi connectivity index (χ4n) is 2.78. The Morgan fingerprint density at radius 2 is 0.861 bits per heavy atom. The monoisotopic (exact) mass is 522 g/mol. The predicted molar refractivity (Wildman–Crippen MR) is 141 cm³/mol. The Morgan fingerprint density at radius 1 is 0.556 bits per heavy atom. The Bertz CT molecular complexity index is 1050. The van der Waals surface area contributed by atoms with Crippen molar-refractivity contribution in [2.24, 2.45) is 0 Å². The average molecular weight is 523 g/mol. The Hall–Kier alpha value is -3.62. The maximum atomic E-state index is 11.0. The summed E-state index contributed by atoms with van der Waals surface area (Å²) in [4.78, 5) is 26.5. The minimum Gasteiger partial charge on any atom is -0.490 e. The summed E-state index contributed by atoms with van der Waals surface area (Å²) in [6.07, 6.45) is 2.25. The quantitative estimate of drug-likeness (QED) is 0.141. The van der Waals surface area contributed by atoms with Crippen LogP contribution in [-0.2, 0) is 19.1 Å². The van der Waals surface area contributed by atoms with Gasteiger partial charge in [0.25, 0.3) is 0 Å². The fraction of sp³-hybridized carbons (Fsp3) is 0.143. The molecule has 0 saturated heterocycles. The maximum absolute atomic E-state index is 11.0. The van der Waals surface area contributed by atoms with Gasteiger partial charge in [-0.15, -0.1) is 0 Å². The lowest BCUT2D eigenvalue weighted by Crippen LogP contribution is -2.10. The molecular formula is C28H26O6S2. The van der Waals surface area contributed by atoms with Crippen molar-refractivity contribution in [2.75, 3.05) is 26.4 Å². The van der Waals surface area contributed by atoms with Crippen LogP contribution in [0.15, 0.2) is 118 Å². The molecule has 0 aromatic heterocycles. The van der Waals surface area contributed by atoms with Crippen molar-refractivity contribution in [2.45, 2.75) is 19.6 Å². The van der Waals surface area contributed by atoms with Crippen LogP contribution < -0.4 is 9.47 Å². The predicted octanol–water partition coefficient (Wildman–Crippen LogP) is 6.21. The molecule has 0 heterocycles. The van der Waals surface area contributed by atoms with Gasteiger partial charge in [0.05, 0.1) is 0 Å². The number of carbonyl (C=O) groups is 2.